The minimum absolute atomic E-state index is 0.174. The van der Waals surface area contributed by atoms with Gasteiger partial charge in [-0.15, -0.1) is 0 Å². The molecule has 3 rings (SSSR count). The molecular weight excluding hydrogens is 298 g/mol. The largest absolute Gasteiger partial charge is 0.351 e. The Balaban J connectivity index is 1.73. The fourth-order valence-electron chi connectivity index (χ4n) is 3.07. The van der Waals surface area contributed by atoms with E-state index in [1.807, 2.05) is 24.3 Å². The number of carbonyl (C=O) groups excluding carboxylic acids is 1. The third-order valence-corrected chi connectivity index (χ3v) is 4.44. The van der Waals surface area contributed by atoms with Crippen molar-refractivity contribution in [3.8, 4) is 0 Å². The van der Waals surface area contributed by atoms with Gasteiger partial charge in [0.15, 0.2) is 0 Å². The summed E-state index contributed by atoms with van der Waals surface area (Å²) in [5, 5.41) is 2.89. The second-order valence-corrected chi connectivity index (χ2v) is 5.93. The molecule has 0 heterocycles. The molecule has 3 atom stereocenters. The summed E-state index contributed by atoms with van der Waals surface area (Å²) in [6, 6.07) is 10.5. The predicted molar refractivity (Wildman–Crippen MR) is 83.8 cm³/mol. The van der Waals surface area contributed by atoms with E-state index in [0.717, 1.165) is 23.3 Å². The van der Waals surface area contributed by atoms with Gasteiger partial charge in [0.1, 0.15) is 11.6 Å². The molecular formula is C18H18F2N2O. The summed E-state index contributed by atoms with van der Waals surface area (Å²) in [5.41, 5.74) is 8.51. The van der Waals surface area contributed by atoms with E-state index in [9.17, 15) is 13.6 Å². The molecule has 0 aromatic heterocycles. The average Bonchev–Trinajstić information content (AvgIpc) is 2.83. The summed E-state index contributed by atoms with van der Waals surface area (Å²) >= 11 is 0. The molecule has 2 aromatic carbocycles. The van der Waals surface area contributed by atoms with Crippen molar-refractivity contribution in [2.75, 3.05) is 0 Å². The normalized spacial score (nSPS) is 20.9. The lowest BCUT2D eigenvalue weighted by Gasteiger charge is -2.21. The number of benzene rings is 2. The van der Waals surface area contributed by atoms with Gasteiger partial charge in [0, 0.05) is 11.6 Å². The maximum atomic E-state index is 13.8. The van der Waals surface area contributed by atoms with Gasteiger partial charge in [-0.3, -0.25) is 4.79 Å². The van der Waals surface area contributed by atoms with Crippen molar-refractivity contribution < 1.29 is 13.6 Å². The molecule has 2 aromatic rings. The molecule has 0 radical (unpaired) electrons. The van der Waals surface area contributed by atoms with Crippen LogP contribution < -0.4 is 11.1 Å². The highest BCUT2D eigenvalue weighted by Gasteiger charge is 2.32. The molecule has 0 saturated carbocycles. The third kappa shape index (κ3) is 2.97. The van der Waals surface area contributed by atoms with Crippen LogP contribution >= 0.6 is 0 Å². The van der Waals surface area contributed by atoms with Gasteiger partial charge in [0.2, 0.25) is 5.91 Å². The molecule has 1 aliphatic rings. The number of nitrogens with one attached hydrogen (secondary N) is 1. The zero-order chi connectivity index (χ0) is 16.6. The number of carbonyl (C=O) groups is 1. The molecule has 23 heavy (non-hydrogen) atoms. The first-order chi connectivity index (χ1) is 11.0. The monoisotopic (exact) mass is 316 g/mol. The molecule has 1 amide bonds. The van der Waals surface area contributed by atoms with Crippen molar-refractivity contribution in [1.82, 2.24) is 5.32 Å². The summed E-state index contributed by atoms with van der Waals surface area (Å²) in [6.45, 7) is 1.60. The van der Waals surface area contributed by atoms with Crippen molar-refractivity contribution in [2.24, 2.45) is 5.73 Å². The van der Waals surface area contributed by atoms with Crippen molar-refractivity contribution in [3.63, 3.8) is 0 Å². The first-order valence-corrected chi connectivity index (χ1v) is 7.56. The van der Waals surface area contributed by atoms with Gasteiger partial charge in [-0.05, 0) is 30.5 Å². The first-order valence-electron chi connectivity index (χ1n) is 7.56. The Bertz CT molecular complexity index is 748. The summed E-state index contributed by atoms with van der Waals surface area (Å²) in [6.07, 6.45) is 0.654. The Kier molecular flexibility index (Phi) is 4.13. The maximum Gasteiger partial charge on any atom is 0.227 e. The van der Waals surface area contributed by atoms with Gasteiger partial charge < -0.3 is 11.1 Å². The molecule has 1 aliphatic carbocycles. The summed E-state index contributed by atoms with van der Waals surface area (Å²) in [4.78, 5) is 12.4. The molecule has 3 N–H and O–H groups in total. The van der Waals surface area contributed by atoms with E-state index >= 15 is 0 Å². The average molecular weight is 316 g/mol. The van der Waals surface area contributed by atoms with Crippen molar-refractivity contribution >= 4 is 5.91 Å². The molecule has 0 saturated heterocycles. The SMILES string of the molecule is CC(C(=O)N[C@@H]1Cc2ccccc2[C@H]1N)c1ccc(F)cc1F. The van der Waals surface area contributed by atoms with E-state index in [1.165, 1.54) is 6.07 Å². The summed E-state index contributed by atoms with van der Waals surface area (Å²) in [5.74, 6) is -2.41. The standard InChI is InChI=1S/C18H18F2N2O/c1-10(13-7-6-12(19)9-15(13)20)18(23)22-16-8-11-4-2-3-5-14(11)17(16)21/h2-7,9-10,16-17H,8,21H2,1H3,(H,22,23)/t10?,16-,17-/m1/s1. The molecule has 1 unspecified atom stereocenters. The Morgan fingerprint density at radius 3 is 2.70 bits per heavy atom. The zero-order valence-electron chi connectivity index (χ0n) is 12.7. The van der Waals surface area contributed by atoms with Gasteiger partial charge in [-0.25, -0.2) is 8.78 Å². The lowest BCUT2D eigenvalue weighted by Crippen LogP contribution is -2.42. The van der Waals surface area contributed by atoms with Crippen LogP contribution in [0.15, 0.2) is 42.5 Å². The summed E-state index contributed by atoms with van der Waals surface area (Å²) < 4.78 is 26.8. The Labute approximate surface area is 133 Å². The van der Waals surface area contributed by atoms with E-state index in [-0.39, 0.29) is 23.6 Å². The van der Waals surface area contributed by atoms with Crippen LogP contribution in [0.2, 0.25) is 0 Å². The third-order valence-electron chi connectivity index (χ3n) is 4.44. The van der Waals surface area contributed by atoms with E-state index < -0.39 is 17.6 Å². The fourth-order valence-corrected chi connectivity index (χ4v) is 3.07. The van der Waals surface area contributed by atoms with E-state index in [4.69, 9.17) is 5.73 Å². The fraction of sp³-hybridized carbons (Fsp3) is 0.278. The van der Waals surface area contributed by atoms with E-state index in [0.29, 0.717) is 6.42 Å². The zero-order valence-corrected chi connectivity index (χ0v) is 12.7. The van der Waals surface area contributed by atoms with E-state index in [2.05, 4.69) is 5.32 Å². The minimum Gasteiger partial charge on any atom is -0.351 e. The predicted octanol–water partition coefficient (Wildman–Crippen LogP) is 2.81. The van der Waals surface area contributed by atoms with Crippen LogP contribution in [0.5, 0.6) is 0 Å². The van der Waals surface area contributed by atoms with Crippen LogP contribution in [0, 0.1) is 11.6 Å². The second kappa shape index (κ2) is 6.08. The highest BCUT2D eigenvalue weighted by Crippen LogP contribution is 2.30. The lowest BCUT2D eigenvalue weighted by molar-refractivity contribution is -0.123. The van der Waals surface area contributed by atoms with Crippen LogP contribution in [0.4, 0.5) is 8.78 Å². The Hall–Kier alpha value is -2.27. The number of hydrogen-bond acceptors (Lipinski definition) is 2. The summed E-state index contributed by atoms with van der Waals surface area (Å²) in [7, 11) is 0. The Morgan fingerprint density at radius 1 is 1.26 bits per heavy atom. The molecule has 0 aliphatic heterocycles. The maximum absolute atomic E-state index is 13.8. The van der Waals surface area contributed by atoms with Crippen molar-refractivity contribution in [3.05, 3.63) is 70.8 Å². The highest BCUT2D eigenvalue weighted by molar-refractivity contribution is 5.83. The van der Waals surface area contributed by atoms with Crippen LogP contribution in [-0.2, 0) is 11.2 Å². The lowest BCUT2D eigenvalue weighted by atomic mass is 9.98. The molecule has 3 nitrogen and oxygen atoms in total. The number of halogens is 2. The number of amides is 1. The van der Waals surface area contributed by atoms with Gasteiger partial charge in [0.25, 0.3) is 0 Å². The van der Waals surface area contributed by atoms with Crippen molar-refractivity contribution in [2.45, 2.75) is 31.3 Å². The van der Waals surface area contributed by atoms with Gasteiger partial charge in [-0.1, -0.05) is 30.3 Å². The number of hydrogen-bond donors (Lipinski definition) is 2. The molecule has 120 valence electrons. The van der Waals surface area contributed by atoms with E-state index in [1.54, 1.807) is 6.92 Å². The quantitative estimate of drug-likeness (QED) is 0.915. The van der Waals surface area contributed by atoms with Gasteiger partial charge in [0.05, 0.1) is 18.0 Å². The van der Waals surface area contributed by atoms with Crippen molar-refractivity contribution in [1.29, 1.82) is 0 Å². The van der Waals surface area contributed by atoms with Gasteiger partial charge >= 0.3 is 0 Å². The van der Waals surface area contributed by atoms with Crippen LogP contribution in [-0.4, -0.2) is 11.9 Å². The molecule has 5 heteroatoms. The minimum atomic E-state index is -0.716. The van der Waals surface area contributed by atoms with Crippen LogP contribution in [0.3, 0.4) is 0 Å². The van der Waals surface area contributed by atoms with Crippen LogP contribution in [0.25, 0.3) is 0 Å². The number of nitrogens with two attached hydrogens (primary N) is 1. The number of fused-ring (bicyclic) bond motifs is 1. The number of rotatable bonds is 3. The Morgan fingerprint density at radius 2 is 2.00 bits per heavy atom. The molecule has 0 spiro atoms. The first kappa shape index (κ1) is 15.6. The molecule has 0 bridgehead atoms. The van der Waals surface area contributed by atoms with Crippen LogP contribution in [0.1, 0.15) is 35.6 Å². The molecule has 0 fully saturated rings. The second-order valence-electron chi connectivity index (χ2n) is 5.93. The topological polar surface area (TPSA) is 55.1 Å². The van der Waals surface area contributed by atoms with Gasteiger partial charge in [-0.2, -0.15) is 0 Å². The highest BCUT2D eigenvalue weighted by atomic mass is 19.1. The smallest absolute Gasteiger partial charge is 0.227 e.